The van der Waals surface area contributed by atoms with Gasteiger partial charge in [-0.3, -0.25) is 9.79 Å². The lowest BCUT2D eigenvalue weighted by atomic mass is 10.1. The van der Waals surface area contributed by atoms with Crippen LogP contribution < -0.4 is 20.7 Å². The van der Waals surface area contributed by atoms with Crippen LogP contribution in [-0.2, 0) is 6.54 Å². The first-order valence-corrected chi connectivity index (χ1v) is 10.2. The number of guanidine groups is 1. The third kappa shape index (κ3) is 5.95. The molecule has 1 amide bonds. The topological polar surface area (TPSA) is 74.8 Å². The van der Waals surface area contributed by atoms with E-state index in [0.29, 0.717) is 36.3 Å². The Morgan fingerprint density at radius 3 is 2.73 bits per heavy atom. The number of benzene rings is 2. The second-order valence-electron chi connectivity index (χ2n) is 7.52. The van der Waals surface area contributed by atoms with Gasteiger partial charge in [0.1, 0.15) is 0 Å². The highest BCUT2D eigenvalue weighted by molar-refractivity contribution is 5.94. The quantitative estimate of drug-likeness (QED) is 0.459. The van der Waals surface area contributed by atoms with Gasteiger partial charge < -0.3 is 20.7 Å². The van der Waals surface area contributed by atoms with Gasteiger partial charge in [-0.15, -0.1) is 0 Å². The Kier molecular flexibility index (Phi) is 7.27. The summed E-state index contributed by atoms with van der Waals surface area (Å²) in [7, 11) is 3.29. The van der Waals surface area contributed by atoms with Crippen molar-refractivity contribution in [2.45, 2.75) is 32.4 Å². The molecule has 1 unspecified atom stereocenters. The SMILES string of the molecule is CN=C(NCc1cccc(C(=O)NC)c1)NC(C)c1ccc(OCC2CC2)c(F)c1. The first-order valence-electron chi connectivity index (χ1n) is 10.2. The van der Waals surface area contributed by atoms with E-state index >= 15 is 0 Å². The summed E-state index contributed by atoms with van der Waals surface area (Å²) in [5.41, 5.74) is 2.36. The Bertz CT molecular complexity index is 912. The second kappa shape index (κ2) is 10.1. The van der Waals surface area contributed by atoms with Gasteiger partial charge in [0.25, 0.3) is 5.91 Å². The summed E-state index contributed by atoms with van der Waals surface area (Å²) >= 11 is 0. The molecule has 6 nitrogen and oxygen atoms in total. The number of halogens is 1. The summed E-state index contributed by atoms with van der Waals surface area (Å²) in [6.07, 6.45) is 2.34. The van der Waals surface area contributed by atoms with Gasteiger partial charge in [-0.05, 0) is 61.1 Å². The molecule has 0 bridgehead atoms. The van der Waals surface area contributed by atoms with Crippen molar-refractivity contribution in [1.29, 1.82) is 0 Å². The van der Waals surface area contributed by atoms with Gasteiger partial charge in [-0.25, -0.2) is 4.39 Å². The Labute approximate surface area is 176 Å². The van der Waals surface area contributed by atoms with Crippen molar-refractivity contribution < 1.29 is 13.9 Å². The molecule has 1 atom stereocenters. The van der Waals surface area contributed by atoms with Crippen LogP contribution in [-0.4, -0.2) is 32.6 Å². The van der Waals surface area contributed by atoms with Crippen molar-refractivity contribution in [3.8, 4) is 5.75 Å². The van der Waals surface area contributed by atoms with Crippen molar-refractivity contribution >= 4 is 11.9 Å². The Balaban J connectivity index is 1.56. The number of carbonyl (C=O) groups excluding carboxylic acids is 1. The van der Waals surface area contributed by atoms with Crippen LogP contribution in [0.15, 0.2) is 47.5 Å². The summed E-state index contributed by atoms with van der Waals surface area (Å²) < 4.78 is 19.9. The van der Waals surface area contributed by atoms with Crippen molar-refractivity contribution in [3.63, 3.8) is 0 Å². The molecule has 2 aromatic carbocycles. The molecule has 160 valence electrons. The van der Waals surface area contributed by atoms with Crippen LogP contribution >= 0.6 is 0 Å². The molecular weight excluding hydrogens is 383 g/mol. The lowest BCUT2D eigenvalue weighted by Gasteiger charge is -2.19. The Morgan fingerprint density at radius 2 is 2.07 bits per heavy atom. The van der Waals surface area contributed by atoms with Gasteiger partial charge in [0, 0.05) is 26.2 Å². The fourth-order valence-corrected chi connectivity index (χ4v) is 3.03. The second-order valence-corrected chi connectivity index (χ2v) is 7.52. The minimum Gasteiger partial charge on any atom is -0.490 e. The largest absolute Gasteiger partial charge is 0.490 e. The average molecular weight is 413 g/mol. The monoisotopic (exact) mass is 412 g/mol. The van der Waals surface area contributed by atoms with Crippen LogP contribution in [0.3, 0.4) is 0 Å². The van der Waals surface area contributed by atoms with E-state index in [0.717, 1.165) is 11.1 Å². The molecule has 3 rings (SSSR count). The first-order chi connectivity index (χ1) is 14.5. The predicted molar refractivity (Wildman–Crippen MR) is 116 cm³/mol. The van der Waals surface area contributed by atoms with Gasteiger partial charge >= 0.3 is 0 Å². The number of rotatable bonds is 8. The van der Waals surface area contributed by atoms with Gasteiger partial charge in [0.15, 0.2) is 17.5 Å². The number of carbonyl (C=O) groups is 1. The van der Waals surface area contributed by atoms with Crippen molar-refractivity contribution in [2.75, 3.05) is 20.7 Å². The van der Waals surface area contributed by atoms with Gasteiger partial charge in [-0.1, -0.05) is 18.2 Å². The van der Waals surface area contributed by atoms with E-state index in [2.05, 4.69) is 20.9 Å². The van der Waals surface area contributed by atoms with Crippen LogP contribution in [0.2, 0.25) is 0 Å². The molecule has 2 aromatic rings. The molecule has 3 N–H and O–H groups in total. The van der Waals surface area contributed by atoms with E-state index in [1.54, 1.807) is 26.2 Å². The van der Waals surface area contributed by atoms with Crippen LogP contribution in [0, 0.1) is 11.7 Å². The molecule has 0 saturated heterocycles. The number of aliphatic imine (C=N–C) groups is 1. The number of amides is 1. The summed E-state index contributed by atoms with van der Waals surface area (Å²) in [5.74, 6) is 0.991. The maximum absolute atomic E-state index is 14.4. The number of hydrogen-bond acceptors (Lipinski definition) is 3. The van der Waals surface area contributed by atoms with Crippen LogP contribution in [0.25, 0.3) is 0 Å². The molecule has 0 aromatic heterocycles. The lowest BCUT2D eigenvalue weighted by molar-refractivity contribution is 0.0963. The molecule has 1 aliphatic carbocycles. The van der Waals surface area contributed by atoms with Crippen molar-refractivity contribution in [2.24, 2.45) is 10.9 Å². The van der Waals surface area contributed by atoms with Crippen molar-refractivity contribution in [1.82, 2.24) is 16.0 Å². The van der Waals surface area contributed by atoms with Gasteiger partial charge in [-0.2, -0.15) is 0 Å². The Hall–Kier alpha value is -3.09. The lowest BCUT2D eigenvalue weighted by Crippen LogP contribution is -2.38. The van der Waals surface area contributed by atoms with E-state index in [1.165, 1.54) is 18.9 Å². The fourth-order valence-electron chi connectivity index (χ4n) is 3.03. The molecular formula is C23H29FN4O2. The number of hydrogen-bond donors (Lipinski definition) is 3. The van der Waals surface area contributed by atoms with Gasteiger partial charge in [0.05, 0.1) is 12.6 Å². The first kappa shape index (κ1) is 21.6. The average Bonchev–Trinajstić information content (AvgIpc) is 3.59. The maximum Gasteiger partial charge on any atom is 0.251 e. The zero-order chi connectivity index (χ0) is 21.5. The van der Waals surface area contributed by atoms with E-state index in [1.807, 2.05) is 31.2 Å². The third-order valence-corrected chi connectivity index (χ3v) is 5.08. The standard InChI is InChI=1S/C23H29FN4O2/c1-15(18-9-10-21(20(24)12-18)30-14-16-7-8-16)28-23(26-3)27-13-17-5-4-6-19(11-17)22(29)25-2/h4-6,9-12,15-16H,7-8,13-14H2,1-3H3,(H,25,29)(H2,26,27,28). The molecule has 1 aliphatic rings. The number of nitrogens with zero attached hydrogens (tertiary/aromatic N) is 1. The van der Waals surface area contributed by atoms with Gasteiger partial charge in [0.2, 0.25) is 0 Å². The molecule has 30 heavy (non-hydrogen) atoms. The number of nitrogens with one attached hydrogen (secondary N) is 3. The highest BCUT2D eigenvalue weighted by Gasteiger charge is 2.22. The number of ether oxygens (including phenoxy) is 1. The molecule has 0 spiro atoms. The van der Waals surface area contributed by atoms with E-state index < -0.39 is 0 Å². The summed E-state index contributed by atoms with van der Waals surface area (Å²) in [4.78, 5) is 16.0. The zero-order valence-electron chi connectivity index (χ0n) is 17.7. The van der Waals surface area contributed by atoms with E-state index in [4.69, 9.17) is 4.74 Å². The third-order valence-electron chi connectivity index (χ3n) is 5.08. The van der Waals surface area contributed by atoms with Crippen molar-refractivity contribution in [3.05, 3.63) is 65.0 Å². The highest BCUT2D eigenvalue weighted by Crippen LogP contribution is 2.30. The van der Waals surface area contributed by atoms with E-state index in [9.17, 15) is 9.18 Å². The summed E-state index contributed by atoms with van der Waals surface area (Å²) in [5, 5.41) is 9.10. The molecule has 0 radical (unpaired) electrons. The smallest absolute Gasteiger partial charge is 0.251 e. The molecule has 1 saturated carbocycles. The van der Waals surface area contributed by atoms with Crippen LogP contribution in [0.4, 0.5) is 4.39 Å². The predicted octanol–water partition coefficient (Wildman–Crippen LogP) is 3.40. The fraction of sp³-hybridized carbons (Fsp3) is 0.391. The molecule has 7 heteroatoms. The highest BCUT2D eigenvalue weighted by atomic mass is 19.1. The molecule has 1 fully saturated rings. The maximum atomic E-state index is 14.4. The minimum atomic E-state index is -0.351. The zero-order valence-corrected chi connectivity index (χ0v) is 17.7. The van der Waals surface area contributed by atoms with Crippen LogP contribution in [0.5, 0.6) is 5.75 Å². The van der Waals surface area contributed by atoms with Crippen LogP contribution in [0.1, 0.15) is 47.3 Å². The van der Waals surface area contributed by atoms with E-state index in [-0.39, 0.29) is 17.8 Å². The normalized spacial score (nSPS) is 14.7. The minimum absolute atomic E-state index is 0.125. The molecule has 0 heterocycles. The molecule has 0 aliphatic heterocycles. The Morgan fingerprint density at radius 1 is 1.27 bits per heavy atom. The summed E-state index contributed by atoms with van der Waals surface area (Å²) in [6, 6.07) is 12.3. The summed E-state index contributed by atoms with van der Waals surface area (Å²) in [6.45, 7) is 3.03.